The quantitative estimate of drug-likeness (QED) is 0.124. The molecule has 268 valence electrons. The number of aliphatic hydroxyl groups excluding tert-OH is 1. The Morgan fingerprint density at radius 1 is 0.776 bits per heavy atom. The van der Waals surface area contributed by atoms with Crippen LogP contribution >= 0.6 is 0 Å². The van der Waals surface area contributed by atoms with Crippen molar-refractivity contribution in [3.05, 3.63) is 106 Å². The molecule has 3 aromatic rings. The lowest BCUT2D eigenvalue weighted by Gasteiger charge is -2.28. The topological polar surface area (TPSA) is 125 Å². The zero-order chi connectivity index (χ0) is 36.0. The van der Waals surface area contributed by atoms with Crippen LogP contribution in [0.5, 0.6) is 0 Å². The zero-order valence-electron chi connectivity index (χ0n) is 29.0. The Balaban J connectivity index is 1.90. The first-order valence-electron chi connectivity index (χ1n) is 17.2. The van der Waals surface area contributed by atoms with Crippen molar-refractivity contribution < 1.29 is 31.9 Å². The number of rotatable bonds is 20. The van der Waals surface area contributed by atoms with Crippen molar-refractivity contribution in [2.75, 3.05) is 12.3 Å². The molecule has 3 aromatic carbocycles. The number of aryl methyl sites for hydroxylation is 2. The average Bonchev–Trinajstić information content (AvgIpc) is 3.07. The molecule has 0 heterocycles. The Hall–Kier alpha value is -3.67. The van der Waals surface area contributed by atoms with E-state index in [2.05, 4.69) is 22.9 Å². The van der Waals surface area contributed by atoms with Gasteiger partial charge in [-0.25, -0.2) is 17.2 Å². The predicted octanol–water partition coefficient (Wildman–Crippen LogP) is 5.45. The minimum absolute atomic E-state index is 0.00725. The third-order valence-corrected chi connectivity index (χ3v) is 10.9. The highest BCUT2D eigenvalue weighted by Crippen LogP contribution is 2.18. The number of sulfone groups is 1. The van der Waals surface area contributed by atoms with Crippen molar-refractivity contribution >= 4 is 21.7 Å². The van der Waals surface area contributed by atoms with Crippen LogP contribution in [0.3, 0.4) is 0 Å². The summed E-state index contributed by atoms with van der Waals surface area (Å²) in [7, 11) is -3.86. The molecular weight excluding hydrogens is 648 g/mol. The summed E-state index contributed by atoms with van der Waals surface area (Å²) in [6, 6.07) is 15.2. The van der Waals surface area contributed by atoms with E-state index in [-0.39, 0.29) is 24.1 Å². The number of aliphatic hydroxyl groups is 1. The second-order valence-electron chi connectivity index (χ2n) is 12.6. The van der Waals surface area contributed by atoms with Crippen LogP contribution in [0, 0.1) is 11.6 Å². The molecule has 0 fully saturated rings. The van der Waals surface area contributed by atoms with E-state index in [0.717, 1.165) is 41.3 Å². The molecule has 49 heavy (non-hydrogen) atoms. The van der Waals surface area contributed by atoms with Crippen LogP contribution in [0.2, 0.25) is 0 Å². The van der Waals surface area contributed by atoms with Gasteiger partial charge in [0.2, 0.25) is 5.91 Å². The first kappa shape index (κ1) is 39.8. The van der Waals surface area contributed by atoms with Crippen molar-refractivity contribution in [3.8, 4) is 0 Å². The first-order valence-corrected chi connectivity index (χ1v) is 18.9. The molecule has 4 N–H and O–H groups in total. The van der Waals surface area contributed by atoms with Gasteiger partial charge in [0.25, 0.3) is 5.91 Å². The van der Waals surface area contributed by atoms with Crippen LogP contribution in [0.1, 0.15) is 86.0 Å². The summed E-state index contributed by atoms with van der Waals surface area (Å²) in [6.07, 6.45) is 2.22. The summed E-state index contributed by atoms with van der Waals surface area (Å²) in [6.45, 7) is 8.20. The molecule has 0 aliphatic rings. The van der Waals surface area contributed by atoms with E-state index < -0.39 is 62.5 Å². The van der Waals surface area contributed by atoms with Gasteiger partial charge in [0.1, 0.15) is 17.7 Å². The molecular formula is C38H51F2N3O5S. The van der Waals surface area contributed by atoms with Gasteiger partial charge in [0.15, 0.2) is 9.84 Å². The van der Waals surface area contributed by atoms with Gasteiger partial charge in [-0.15, -0.1) is 0 Å². The van der Waals surface area contributed by atoms with Gasteiger partial charge in [-0.05, 0) is 78.6 Å². The van der Waals surface area contributed by atoms with Gasteiger partial charge in [-0.1, -0.05) is 76.9 Å². The Labute approximate surface area is 290 Å². The van der Waals surface area contributed by atoms with E-state index >= 15 is 0 Å². The lowest BCUT2D eigenvalue weighted by molar-refractivity contribution is -0.124. The minimum atomic E-state index is -3.86. The standard InChI is InChI=1S/C38H51F2N3O5S/c1-5-11-33(12-6-2)49(47,48)25-35(43-37(45)30-16-10-14-27(8-4)18-30)38(46)42-34(21-29-19-31(39)22-32(40)20-29)36(44)24-41-23-28-15-9-13-26(7-3)17-28/h9-10,13-20,22,33-36,41,44H,5-8,11-12,21,23-25H2,1-4H3,(H,42,46)(H,43,45)/t34-,35?,36+/m0/s1. The molecule has 0 aliphatic heterocycles. The van der Waals surface area contributed by atoms with Crippen LogP contribution in [0.4, 0.5) is 8.78 Å². The monoisotopic (exact) mass is 699 g/mol. The molecule has 0 spiro atoms. The van der Waals surface area contributed by atoms with E-state index in [9.17, 15) is 31.9 Å². The van der Waals surface area contributed by atoms with Crippen LogP contribution in [-0.2, 0) is 40.4 Å². The lowest BCUT2D eigenvalue weighted by atomic mass is 10.00. The van der Waals surface area contributed by atoms with Gasteiger partial charge in [-0.2, -0.15) is 0 Å². The Morgan fingerprint density at radius 2 is 1.37 bits per heavy atom. The minimum Gasteiger partial charge on any atom is -0.390 e. The molecule has 3 atom stereocenters. The fourth-order valence-electron chi connectivity index (χ4n) is 5.89. The van der Waals surface area contributed by atoms with Gasteiger partial charge < -0.3 is 21.1 Å². The highest BCUT2D eigenvalue weighted by molar-refractivity contribution is 7.92. The molecule has 0 aliphatic carbocycles. The van der Waals surface area contributed by atoms with E-state index in [0.29, 0.717) is 38.6 Å². The van der Waals surface area contributed by atoms with Crippen LogP contribution in [-0.4, -0.2) is 61.1 Å². The number of hydrogen-bond donors (Lipinski definition) is 4. The van der Waals surface area contributed by atoms with Crippen LogP contribution in [0.15, 0.2) is 66.7 Å². The Bertz CT molecular complexity index is 1610. The SMILES string of the molecule is CCCC(CCC)S(=O)(=O)CC(NC(=O)c1cccc(CC)c1)C(=O)N[C@@H](Cc1cc(F)cc(F)c1)[C@H](O)CNCc1cccc(CC)c1. The normalized spacial score (nSPS) is 13.6. The molecule has 11 heteroatoms. The van der Waals surface area contributed by atoms with E-state index in [1.807, 2.05) is 51.1 Å². The second kappa shape index (κ2) is 19.5. The maximum absolute atomic E-state index is 14.2. The maximum Gasteiger partial charge on any atom is 0.251 e. The number of carbonyl (C=O) groups is 2. The number of halogens is 2. The Kier molecular flexibility index (Phi) is 15.8. The van der Waals surface area contributed by atoms with Crippen molar-refractivity contribution in [1.82, 2.24) is 16.0 Å². The summed E-state index contributed by atoms with van der Waals surface area (Å²) in [5.74, 6) is -3.72. The van der Waals surface area contributed by atoms with E-state index in [1.165, 1.54) is 0 Å². The highest BCUT2D eigenvalue weighted by atomic mass is 32.2. The summed E-state index contributed by atoms with van der Waals surface area (Å²) in [5, 5.41) is 19.2. The number of nitrogens with one attached hydrogen (secondary N) is 3. The summed E-state index contributed by atoms with van der Waals surface area (Å²) < 4.78 is 55.7. The van der Waals surface area contributed by atoms with E-state index in [1.54, 1.807) is 18.2 Å². The van der Waals surface area contributed by atoms with Crippen molar-refractivity contribution in [1.29, 1.82) is 0 Å². The molecule has 8 nitrogen and oxygen atoms in total. The number of hydrogen-bond acceptors (Lipinski definition) is 6. The maximum atomic E-state index is 14.2. The molecule has 0 saturated heterocycles. The third kappa shape index (κ3) is 12.6. The van der Waals surface area contributed by atoms with E-state index in [4.69, 9.17) is 0 Å². The van der Waals surface area contributed by atoms with Crippen molar-refractivity contribution in [3.63, 3.8) is 0 Å². The van der Waals surface area contributed by atoms with Crippen molar-refractivity contribution in [2.24, 2.45) is 0 Å². The molecule has 3 rings (SSSR count). The van der Waals surface area contributed by atoms with Gasteiger partial charge in [-0.3, -0.25) is 9.59 Å². The third-order valence-electron chi connectivity index (χ3n) is 8.60. The number of amides is 2. The number of benzene rings is 3. The largest absolute Gasteiger partial charge is 0.390 e. The lowest BCUT2D eigenvalue weighted by Crippen LogP contribution is -2.57. The summed E-state index contributed by atoms with van der Waals surface area (Å²) >= 11 is 0. The first-order chi connectivity index (χ1) is 23.4. The zero-order valence-corrected chi connectivity index (χ0v) is 29.8. The highest BCUT2D eigenvalue weighted by Gasteiger charge is 2.34. The predicted molar refractivity (Wildman–Crippen MR) is 190 cm³/mol. The average molecular weight is 700 g/mol. The Morgan fingerprint density at radius 3 is 1.98 bits per heavy atom. The van der Waals surface area contributed by atoms with Crippen molar-refractivity contribution in [2.45, 2.75) is 103 Å². The molecule has 0 bridgehead atoms. The fraction of sp³-hybridized carbons (Fsp3) is 0.474. The molecule has 0 radical (unpaired) electrons. The van der Waals surface area contributed by atoms with Crippen LogP contribution in [0.25, 0.3) is 0 Å². The molecule has 1 unspecified atom stereocenters. The smallest absolute Gasteiger partial charge is 0.251 e. The summed E-state index contributed by atoms with van der Waals surface area (Å²) in [4.78, 5) is 27.4. The molecule has 0 saturated carbocycles. The fourth-order valence-corrected chi connectivity index (χ4v) is 8.05. The van der Waals surface area contributed by atoms with Gasteiger partial charge >= 0.3 is 0 Å². The molecule has 2 amide bonds. The van der Waals surface area contributed by atoms with Gasteiger partial charge in [0.05, 0.1) is 23.1 Å². The van der Waals surface area contributed by atoms with Gasteiger partial charge in [0, 0.05) is 24.7 Å². The summed E-state index contributed by atoms with van der Waals surface area (Å²) in [5.41, 5.74) is 3.51. The number of carbonyl (C=O) groups excluding carboxylic acids is 2. The van der Waals surface area contributed by atoms with Crippen LogP contribution < -0.4 is 16.0 Å². The second-order valence-corrected chi connectivity index (χ2v) is 14.9. The molecule has 0 aromatic heterocycles.